The normalized spacial score (nSPS) is 14.0. The highest BCUT2D eigenvalue weighted by Crippen LogP contribution is 2.40. The fraction of sp³-hybridized carbons (Fsp3) is 0.355. The highest BCUT2D eigenvalue weighted by Gasteiger charge is 2.38. The van der Waals surface area contributed by atoms with E-state index in [2.05, 4.69) is 4.99 Å². The van der Waals surface area contributed by atoms with Gasteiger partial charge in [-0.1, -0.05) is 26.0 Å². The molecule has 0 spiro atoms. The number of nitrogens with two attached hydrogens (primary N) is 1. The number of rotatable bonds is 9. The van der Waals surface area contributed by atoms with Crippen LogP contribution >= 0.6 is 0 Å². The maximum atomic E-state index is 13.8. The summed E-state index contributed by atoms with van der Waals surface area (Å²) in [7, 11) is 1.38. The van der Waals surface area contributed by atoms with Crippen molar-refractivity contribution >= 4 is 6.34 Å². The van der Waals surface area contributed by atoms with Gasteiger partial charge in [0.05, 0.1) is 23.8 Å². The molecule has 0 unspecified atom stereocenters. The van der Waals surface area contributed by atoms with Crippen LogP contribution in [-0.4, -0.2) is 24.4 Å². The topological polar surface area (TPSA) is 74.6 Å². The Morgan fingerprint density at radius 1 is 0.800 bits per heavy atom. The zero-order valence-electron chi connectivity index (χ0n) is 24.4. The second kappa shape index (κ2) is 13.4. The Bertz CT molecular complexity index is 1540. The summed E-state index contributed by atoms with van der Waals surface area (Å²) in [4.78, 5) is 4.65. The van der Waals surface area contributed by atoms with E-state index in [1.807, 2.05) is 13.8 Å². The number of hydrogen-bond donors (Lipinski definition) is 1. The fourth-order valence-electron chi connectivity index (χ4n) is 4.70. The average Bonchev–Trinajstić information content (AvgIpc) is 2.96. The summed E-state index contributed by atoms with van der Waals surface area (Å²) in [6, 6.07) is 6.42. The predicted molar refractivity (Wildman–Crippen MR) is 150 cm³/mol. The molecule has 0 aliphatic carbocycles. The van der Waals surface area contributed by atoms with Crippen molar-refractivity contribution in [1.82, 2.24) is 4.90 Å². The van der Waals surface area contributed by atoms with Gasteiger partial charge in [-0.15, -0.1) is 0 Å². The highest BCUT2D eigenvalue weighted by atomic mass is 19.4. The summed E-state index contributed by atoms with van der Waals surface area (Å²) in [6.07, 6.45) is -12.6. The van der Waals surface area contributed by atoms with Gasteiger partial charge in [0.25, 0.3) is 0 Å². The lowest BCUT2D eigenvalue weighted by molar-refractivity contribution is -0.143. The number of methoxy groups -OCH3 is 1. The molecular formula is C31H29F9N4O. The molecule has 0 amide bonds. The summed E-state index contributed by atoms with van der Waals surface area (Å²) in [5.41, 5.74) is 3.15. The van der Waals surface area contributed by atoms with E-state index in [4.69, 9.17) is 15.7 Å². The third kappa shape index (κ3) is 8.48. The van der Waals surface area contributed by atoms with E-state index >= 15 is 0 Å². The van der Waals surface area contributed by atoms with Crippen LogP contribution < -0.4 is 10.5 Å². The first kappa shape index (κ1) is 35.2. The lowest BCUT2D eigenvalue weighted by Gasteiger charge is -2.33. The Labute approximate surface area is 253 Å². The van der Waals surface area contributed by atoms with Gasteiger partial charge in [-0.2, -0.15) is 49.8 Å². The van der Waals surface area contributed by atoms with Crippen LogP contribution in [0.15, 0.2) is 59.6 Å². The molecule has 0 aromatic heterocycles. The summed E-state index contributed by atoms with van der Waals surface area (Å²) < 4.78 is 128. The quantitative estimate of drug-likeness (QED) is 0.109. The Hall–Kier alpha value is -4.25. The third-order valence-electron chi connectivity index (χ3n) is 7.27. The van der Waals surface area contributed by atoms with Gasteiger partial charge in [0.2, 0.25) is 6.19 Å². The van der Waals surface area contributed by atoms with E-state index in [1.165, 1.54) is 31.2 Å². The molecule has 45 heavy (non-hydrogen) atoms. The first-order valence-corrected chi connectivity index (χ1v) is 13.4. The average molecular weight is 645 g/mol. The van der Waals surface area contributed by atoms with Crippen molar-refractivity contribution in [2.24, 2.45) is 10.7 Å². The standard InChI is InChI=1S/C31H29F9N4O/c1-17(2)19-5-8-27(45-4)26(12-19)25-7-6-22(29(32,33)34)11-21(25)14-44(16-43-15-41)18(3)28(42)20-9-23(30(35,36)37)13-24(10-20)31(38,39)40/h5-13,16-18,28H,14,42H2,1-4H3/b43-16-/t18-,28-/m0/s1. The number of ether oxygens (including phenoxy) is 1. The van der Waals surface area contributed by atoms with Crippen LogP contribution in [0.1, 0.15) is 66.1 Å². The van der Waals surface area contributed by atoms with Crippen molar-refractivity contribution in [3.8, 4) is 23.1 Å². The molecule has 2 atom stereocenters. The number of alkyl halides is 9. The SMILES string of the molecule is COc1ccc(C(C)C)cc1-c1ccc(C(F)(F)F)cc1CN(/C=N\C#N)[C@@H](C)[C@H](N)c1cc(C(F)(F)F)cc(C(F)(F)F)c1. The number of nitrogens with zero attached hydrogens (tertiary/aromatic N) is 3. The zero-order chi connectivity index (χ0) is 33.9. The second-order valence-electron chi connectivity index (χ2n) is 10.6. The zero-order valence-corrected chi connectivity index (χ0v) is 24.4. The van der Waals surface area contributed by atoms with Crippen molar-refractivity contribution < 1.29 is 44.3 Å². The van der Waals surface area contributed by atoms with E-state index in [1.54, 1.807) is 18.2 Å². The van der Waals surface area contributed by atoms with E-state index in [0.717, 1.165) is 24.0 Å². The minimum atomic E-state index is -5.13. The van der Waals surface area contributed by atoms with E-state index in [9.17, 15) is 39.5 Å². The number of halogens is 9. The molecule has 2 N–H and O–H groups in total. The first-order chi connectivity index (χ1) is 20.8. The fourth-order valence-corrected chi connectivity index (χ4v) is 4.70. The molecule has 0 saturated carbocycles. The summed E-state index contributed by atoms with van der Waals surface area (Å²) in [5, 5.41) is 9.08. The Kier molecular flexibility index (Phi) is 10.5. The van der Waals surface area contributed by atoms with E-state index in [-0.39, 0.29) is 17.5 Å². The molecule has 0 saturated heterocycles. The van der Waals surface area contributed by atoms with E-state index < -0.39 is 59.4 Å². The molecule has 242 valence electrons. The highest BCUT2D eigenvalue weighted by molar-refractivity contribution is 5.75. The Morgan fingerprint density at radius 2 is 1.38 bits per heavy atom. The number of nitriles is 1. The minimum Gasteiger partial charge on any atom is -0.496 e. The van der Waals surface area contributed by atoms with Crippen molar-refractivity contribution in [3.05, 3.63) is 88.0 Å². The maximum Gasteiger partial charge on any atom is 0.416 e. The van der Waals surface area contributed by atoms with Gasteiger partial charge in [0, 0.05) is 24.2 Å². The van der Waals surface area contributed by atoms with Crippen LogP contribution in [0.2, 0.25) is 0 Å². The van der Waals surface area contributed by atoms with Crippen LogP contribution in [0.4, 0.5) is 39.5 Å². The van der Waals surface area contributed by atoms with Gasteiger partial charge in [-0.25, -0.2) is 0 Å². The molecule has 0 fully saturated rings. The molecule has 0 radical (unpaired) electrons. The molecule has 0 bridgehead atoms. The van der Waals surface area contributed by atoms with Crippen molar-refractivity contribution in [2.45, 2.75) is 63.8 Å². The lowest BCUT2D eigenvalue weighted by Crippen LogP contribution is -2.40. The Morgan fingerprint density at radius 3 is 1.87 bits per heavy atom. The maximum absolute atomic E-state index is 13.8. The number of benzene rings is 3. The summed E-state index contributed by atoms with van der Waals surface area (Å²) in [6.45, 7) is 4.76. The monoisotopic (exact) mass is 644 g/mol. The van der Waals surface area contributed by atoms with Crippen molar-refractivity contribution in [2.75, 3.05) is 7.11 Å². The van der Waals surface area contributed by atoms with Gasteiger partial charge >= 0.3 is 18.5 Å². The van der Waals surface area contributed by atoms with Crippen molar-refractivity contribution in [3.63, 3.8) is 0 Å². The van der Waals surface area contributed by atoms with Crippen LogP contribution in [0.5, 0.6) is 5.75 Å². The molecule has 0 aliphatic rings. The Balaban J connectivity index is 2.19. The smallest absolute Gasteiger partial charge is 0.416 e. The first-order valence-electron chi connectivity index (χ1n) is 13.4. The largest absolute Gasteiger partial charge is 0.496 e. The summed E-state index contributed by atoms with van der Waals surface area (Å²) >= 11 is 0. The predicted octanol–water partition coefficient (Wildman–Crippen LogP) is 8.94. The minimum absolute atomic E-state index is 0.0383. The second-order valence-corrected chi connectivity index (χ2v) is 10.6. The molecular weight excluding hydrogens is 615 g/mol. The molecule has 3 aromatic carbocycles. The lowest BCUT2D eigenvalue weighted by atomic mass is 9.91. The van der Waals surface area contributed by atoms with Crippen LogP contribution in [0.25, 0.3) is 11.1 Å². The van der Waals surface area contributed by atoms with Crippen LogP contribution in [0, 0.1) is 11.5 Å². The molecule has 0 aliphatic heterocycles. The van der Waals surface area contributed by atoms with Gasteiger partial charge in [0.15, 0.2) is 0 Å². The van der Waals surface area contributed by atoms with E-state index in [0.29, 0.717) is 29.0 Å². The molecule has 5 nitrogen and oxygen atoms in total. The third-order valence-corrected chi connectivity index (χ3v) is 7.27. The summed E-state index contributed by atoms with van der Waals surface area (Å²) in [5.74, 6) is 0.380. The van der Waals surface area contributed by atoms with Gasteiger partial charge < -0.3 is 15.4 Å². The van der Waals surface area contributed by atoms with Crippen molar-refractivity contribution in [1.29, 1.82) is 5.26 Å². The molecule has 0 heterocycles. The van der Waals surface area contributed by atoms with Gasteiger partial charge in [0.1, 0.15) is 12.1 Å². The molecule has 14 heteroatoms. The molecule has 3 rings (SSSR count). The van der Waals surface area contributed by atoms with Crippen LogP contribution in [0.3, 0.4) is 0 Å². The number of aliphatic imine (C=N–C) groups is 1. The van der Waals surface area contributed by atoms with Gasteiger partial charge in [-0.05, 0) is 77.6 Å². The molecule has 3 aromatic rings. The van der Waals surface area contributed by atoms with Gasteiger partial charge in [-0.3, -0.25) is 0 Å². The number of hydrogen-bond acceptors (Lipinski definition) is 4. The van der Waals surface area contributed by atoms with Crippen LogP contribution in [-0.2, 0) is 25.1 Å².